The van der Waals surface area contributed by atoms with Crippen LogP contribution < -0.4 is 15.4 Å². The van der Waals surface area contributed by atoms with Gasteiger partial charge in [-0.3, -0.25) is 9.59 Å². The molecule has 2 heterocycles. The van der Waals surface area contributed by atoms with Gasteiger partial charge in [-0.05, 0) is 30.5 Å². The molecule has 0 radical (unpaired) electrons. The first-order valence-corrected chi connectivity index (χ1v) is 10.0. The second kappa shape index (κ2) is 9.80. The van der Waals surface area contributed by atoms with Crippen molar-refractivity contribution in [2.75, 3.05) is 7.11 Å². The number of nitriles is 1. The van der Waals surface area contributed by atoms with Crippen molar-refractivity contribution in [3.8, 4) is 11.8 Å². The van der Waals surface area contributed by atoms with Gasteiger partial charge in [-0.1, -0.05) is 19.9 Å². The van der Waals surface area contributed by atoms with E-state index in [0.717, 1.165) is 10.9 Å². The number of rotatable bonds is 9. The molecule has 1 aromatic carbocycles. The van der Waals surface area contributed by atoms with Gasteiger partial charge in [0.2, 0.25) is 5.91 Å². The maximum atomic E-state index is 12.9. The molecular weight excluding hydrogens is 396 g/mol. The number of carbonyl (C=O) groups is 2. The van der Waals surface area contributed by atoms with Crippen LogP contribution in [0.3, 0.4) is 0 Å². The number of aromatic nitrogens is 3. The van der Waals surface area contributed by atoms with Gasteiger partial charge in [-0.2, -0.15) is 5.26 Å². The Labute approximate surface area is 180 Å². The van der Waals surface area contributed by atoms with Crippen LogP contribution in [0.1, 0.15) is 30.8 Å². The number of nitrogens with zero attached hydrogens (tertiary/aromatic N) is 3. The van der Waals surface area contributed by atoms with E-state index in [-0.39, 0.29) is 12.5 Å². The van der Waals surface area contributed by atoms with Gasteiger partial charge in [0.1, 0.15) is 23.5 Å². The summed E-state index contributed by atoms with van der Waals surface area (Å²) < 4.78 is 7.05. The molecule has 0 aliphatic carbocycles. The fraction of sp³-hybridized carbons (Fsp3) is 0.364. The van der Waals surface area contributed by atoms with Gasteiger partial charge in [0.15, 0.2) is 0 Å². The van der Waals surface area contributed by atoms with Crippen LogP contribution in [0.2, 0.25) is 0 Å². The number of imidazole rings is 1. The smallest absolute Gasteiger partial charge is 0.268 e. The summed E-state index contributed by atoms with van der Waals surface area (Å²) in [6.07, 6.45) is 5.33. The molecule has 2 atom stereocenters. The molecule has 0 aliphatic rings. The third kappa shape index (κ3) is 5.42. The van der Waals surface area contributed by atoms with Crippen LogP contribution in [0, 0.1) is 17.2 Å². The van der Waals surface area contributed by atoms with Gasteiger partial charge in [0.05, 0.1) is 26.1 Å². The quantitative estimate of drug-likeness (QED) is 0.488. The van der Waals surface area contributed by atoms with Crippen molar-refractivity contribution in [3.05, 3.63) is 48.7 Å². The molecule has 0 aliphatic heterocycles. The predicted molar refractivity (Wildman–Crippen MR) is 115 cm³/mol. The van der Waals surface area contributed by atoms with Gasteiger partial charge >= 0.3 is 0 Å². The van der Waals surface area contributed by atoms with Gasteiger partial charge in [-0.25, -0.2) is 4.98 Å². The van der Waals surface area contributed by atoms with Crippen molar-refractivity contribution in [2.24, 2.45) is 5.92 Å². The standard InChI is InChI=1S/C22H26N6O3/c1-14(2)9-18(21(29)25-15(11-23)12-28-8-7-24-13-28)27-22(30)19-10-16-17(26-19)5-4-6-20(16)31-3/h4-8,10,13-15,18,26H,9,12H2,1-3H3,(H,25,29)(H,27,30). The molecule has 0 saturated carbocycles. The first-order valence-electron chi connectivity index (χ1n) is 10.0. The molecule has 2 aromatic heterocycles. The molecule has 2 amide bonds. The number of ether oxygens (including phenoxy) is 1. The Morgan fingerprint density at radius 2 is 2.13 bits per heavy atom. The Hall–Kier alpha value is -3.80. The second-order valence-electron chi connectivity index (χ2n) is 7.71. The fourth-order valence-electron chi connectivity index (χ4n) is 3.36. The normalized spacial score (nSPS) is 12.9. The molecule has 0 bridgehead atoms. The number of aromatic amines is 1. The van der Waals surface area contributed by atoms with E-state index in [2.05, 4.69) is 26.7 Å². The molecule has 9 nitrogen and oxygen atoms in total. The molecule has 3 rings (SSSR count). The first-order chi connectivity index (χ1) is 14.9. The lowest BCUT2D eigenvalue weighted by Crippen LogP contribution is -2.50. The van der Waals surface area contributed by atoms with Gasteiger partial charge in [-0.15, -0.1) is 0 Å². The van der Waals surface area contributed by atoms with E-state index in [4.69, 9.17) is 4.74 Å². The summed E-state index contributed by atoms with van der Waals surface area (Å²) in [5.74, 6) is 0.0123. The fourth-order valence-corrected chi connectivity index (χ4v) is 3.36. The highest BCUT2D eigenvalue weighted by molar-refractivity contribution is 6.01. The molecule has 0 fully saturated rings. The van der Waals surface area contributed by atoms with Crippen molar-refractivity contribution >= 4 is 22.7 Å². The molecular formula is C22H26N6O3. The van der Waals surface area contributed by atoms with E-state index >= 15 is 0 Å². The minimum atomic E-state index is -0.778. The number of amides is 2. The van der Waals surface area contributed by atoms with Crippen molar-refractivity contribution in [3.63, 3.8) is 0 Å². The number of methoxy groups -OCH3 is 1. The summed E-state index contributed by atoms with van der Waals surface area (Å²) >= 11 is 0. The Kier molecular flexibility index (Phi) is 6.92. The van der Waals surface area contributed by atoms with E-state index in [1.165, 1.54) is 0 Å². The summed E-state index contributed by atoms with van der Waals surface area (Å²) in [5, 5.41) is 15.7. The lowest BCUT2D eigenvalue weighted by atomic mass is 10.0. The minimum absolute atomic E-state index is 0.160. The molecule has 0 spiro atoms. The third-order valence-electron chi connectivity index (χ3n) is 4.84. The first kappa shape index (κ1) is 21.9. The predicted octanol–water partition coefficient (Wildman–Crippen LogP) is 2.23. The Morgan fingerprint density at radius 1 is 1.32 bits per heavy atom. The molecule has 0 saturated heterocycles. The zero-order valence-electron chi connectivity index (χ0n) is 17.8. The van der Waals surface area contributed by atoms with Gasteiger partial charge < -0.3 is 24.9 Å². The number of benzene rings is 1. The number of hydrogen-bond acceptors (Lipinski definition) is 5. The Balaban J connectivity index is 1.73. The van der Waals surface area contributed by atoms with E-state index < -0.39 is 23.9 Å². The number of hydrogen-bond donors (Lipinski definition) is 3. The van der Waals surface area contributed by atoms with E-state index in [0.29, 0.717) is 17.9 Å². The van der Waals surface area contributed by atoms with Crippen molar-refractivity contribution < 1.29 is 14.3 Å². The van der Waals surface area contributed by atoms with Crippen LogP contribution in [0.5, 0.6) is 5.75 Å². The summed E-state index contributed by atoms with van der Waals surface area (Å²) in [7, 11) is 1.57. The highest BCUT2D eigenvalue weighted by Gasteiger charge is 2.25. The summed E-state index contributed by atoms with van der Waals surface area (Å²) in [5.41, 5.74) is 1.09. The zero-order valence-corrected chi connectivity index (χ0v) is 17.8. The maximum absolute atomic E-state index is 12.9. The van der Waals surface area contributed by atoms with Gasteiger partial charge in [0, 0.05) is 23.3 Å². The topological polar surface area (TPSA) is 125 Å². The number of fused-ring (bicyclic) bond motifs is 1. The van der Waals surface area contributed by atoms with Crippen LogP contribution in [0.15, 0.2) is 43.0 Å². The average Bonchev–Trinajstić information content (AvgIpc) is 3.41. The molecule has 2 unspecified atom stereocenters. The Morgan fingerprint density at radius 3 is 2.77 bits per heavy atom. The van der Waals surface area contributed by atoms with Crippen LogP contribution in [-0.4, -0.2) is 45.5 Å². The lowest BCUT2D eigenvalue weighted by Gasteiger charge is -2.21. The number of nitrogens with one attached hydrogen (secondary N) is 3. The molecule has 162 valence electrons. The Bertz CT molecular complexity index is 1080. The average molecular weight is 422 g/mol. The second-order valence-corrected chi connectivity index (χ2v) is 7.71. The van der Waals surface area contributed by atoms with Crippen LogP contribution in [-0.2, 0) is 11.3 Å². The SMILES string of the molecule is COc1cccc2[nH]c(C(=O)NC(CC(C)C)C(=O)NC(C#N)Cn3ccnc3)cc12. The van der Waals surface area contributed by atoms with Crippen LogP contribution in [0.4, 0.5) is 0 Å². The summed E-state index contributed by atoms with van der Waals surface area (Å²) in [4.78, 5) is 32.8. The van der Waals surface area contributed by atoms with Gasteiger partial charge in [0.25, 0.3) is 5.91 Å². The van der Waals surface area contributed by atoms with Crippen molar-refractivity contribution in [2.45, 2.75) is 38.9 Å². The molecule has 31 heavy (non-hydrogen) atoms. The summed E-state index contributed by atoms with van der Waals surface area (Å²) in [6.45, 7) is 4.20. The highest BCUT2D eigenvalue weighted by atomic mass is 16.5. The summed E-state index contributed by atoms with van der Waals surface area (Å²) in [6, 6.07) is 7.75. The molecule has 3 N–H and O–H groups in total. The van der Waals surface area contributed by atoms with Crippen molar-refractivity contribution in [1.29, 1.82) is 5.26 Å². The number of carbonyl (C=O) groups excluding carboxylic acids is 2. The van der Waals surface area contributed by atoms with E-state index in [1.807, 2.05) is 32.0 Å². The zero-order chi connectivity index (χ0) is 22.4. The monoisotopic (exact) mass is 422 g/mol. The maximum Gasteiger partial charge on any atom is 0.268 e. The van der Waals surface area contributed by atoms with E-state index in [9.17, 15) is 14.9 Å². The van der Waals surface area contributed by atoms with Crippen molar-refractivity contribution in [1.82, 2.24) is 25.2 Å². The number of H-pyrrole nitrogens is 1. The molecule has 3 aromatic rings. The minimum Gasteiger partial charge on any atom is -0.496 e. The molecule has 9 heteroatoms. The van der Waals surface area contributed by atoms with E-state index in [1.54, 1.807) is 36.5 Å². The third-order valence-corrected chi connectivity index (χ3v) is 4.84. The van der Waals surface area contributed by atoms with Crippen LogP contribution >= 0.6 is 0 Å². The lowest BCUT2D eigenvalue weighted by molar-refractivity contribution is -0.123. The van der Waals surface area contributed by atoms with Crippen LogP contribution in [0.25, 0.3) is 10.9 Å². The highest BCUT2D eigenvalue weighted by Crippen LogP contribution is 2.26. The largest absolute Gasteiger partial charge is 0.496 e.